The molecule has 1 aromatic carbocycles. The molecule has 0 saturated heterocycles. The Bertz CT molecular complexity index is 1030. The predicted molar refractivity (Wildman–Crippen MR) is 84.0 cm³/mol. The van der Waals surface area contributed by atoms with Gasteiger partial charge in [0.1, 0.15) is 4.88 Å². The number of benzene rings is 1. The van der Waals surface area contributed by atoms with Gasteiger partial charge in [0.2, 0.25) is 5.88 Å². The molecule has 1 amide bonds. The molecule has 23 heavy (non-hydrogen) atoms. The normalized spacial score (nSPS) is 14.5. The standard InChI is InChI=1S/C15H12N2O4S2/c1-6-3-4-9-8(5-6)10(12(18)16-9)11-13(19)17(15(22)23-11)7(2)14(20)21/h3-5,7,19H,1-2H3,(H,20,21)/p-1. The van der Waals surface area contributed by atoms with E-state index in [1.807, 2.05) is 13.0 Å². The number of aromatic hydroxyl groups is 1. The van der Waals surface area contributed by atoms with Crippen LogP contribution in [0, 0.1) is 10.9 Å². The van der Waals surface area contributed by atoms with Crippen molar-refractivity contribution >= 4 is 41.0 Å². The molecule has 1 N–H and O–H groups in total. The monoisotopic (exact) mass is 347 g/mol. The van der Waals surface area contributed by atoms with Gasteiger partial charge >= 0.3 is 0 Å². The number of amides is 1. The van der Waals surface area contributed by atoms with Gasteiger partial charge in [-0.15, -0.1) is 11.3 Å². The number of carbonyl (C=O) groups is 2. The lowest BCUT2D eigenvalue weighted by Crippen LogP contribution is -2.31. The molecule has 0 bridgehead atoms. The molecule has 0 fully saturated rings. The van der Waals surface area contributed by atoms with Crippen LogP contribution in [0.2, 0.25) is 0 Å². The van der Waals surface area contributed by atoms with Crippen molar-refractivity contribution < 1.29 is 19.8 Å². The fourth-order valence-corrected chi connectivity index (χ4v) is 3.94. The highest BCUT2D eigenvalue weighted by atomic mass is 32.1. The first-order valence-corrected chi connectivity index (χ1v) is 7.93. The molecule has 0 saturated carbocycles. The highest BCUT2D eigenvalue weighted by Crippen LogP contribution is 2.34. The molecule has 1 unspecified atom stereocenters. The van der Waals surface area contributed by atoms with Crippen molar-refractivity contribution in [1.82, 2.24) is 4.57 Å². The molecule has 1 aromatic heterocycles. The first kappa shape index (κ1) is 15.6. The van der Waals surface area contributed by atoms with Crippen LogP contribution in [0.4, 0.5) is 0 Å². The number of carboxylic acids is 1. The summed E-state index contributed by atoms with van der Waals surface area (Å²) in [6.45, 7) is 3.23. The van der Waals surface area contributed by atoms with Crippen LogP contribution in [0.1, 0.15) is 23.4 Å². The second-order valence-electron chi connectivity index (χ2n) is 5.20. The zero-order valence-electron chi connectivity index (χ0n) is 12.2. The molecular formula is C15H11N2O4S2-. The number of hydrogen-bond donors (Lipinski definition) is 1. The Morgan fingerprint density at radius 1 is 1.48 bits per heavy atom. The Labute approximate surface area is 139 Å². The van der Waals surface area contributed by atoms with Crippen LogP contribution in [-0.2, 0) is 9.59 Å². The maximum absolute atomic E-state index is 12.2. The number of aryl methyl sites for hydroxylation is 1. The largest absolute Gasteiger partial charge is 0.548 e. The third-order valence-corrected chi connectivity index (χ3v) is 5.04. The molecule has 0 aliphatic carbocycles. The molecule has 1 aliphatic heterocycles. The number of fused-ring (bicyclic) bond motifs is 1. The van der Waals surface area contributed by atoms with Gasteiger partial charge in [0.15, 0.2) is 3.95 Å². The highest BCUT2D eigenvalue weighted by molar-refractivity contribution is 7.73. The minimum atomic E-state index is -1.37. The van der Waals surface area contributed by atoms with Gasteiger partial charge in [-0.25, -0.2) is 4.99 Å². The van der Waals surface area contributed by atoms with E-state index in [4.69, 9.17) is 12.2 Å². The second kappa shape index (κ2) is 5.39. The lowest BCUT2D eigenvalue weighted by molar-refractivity contribution is -0.309. The third-order valence-electron chi connectivity index (χ3n) is 3.63. The van der Waals surface area contributed by atoms with E-state index in [0.717, 1.165) is 21.5 Å². The Balaban J connectivity index is 2.33. The van der Waals surface area contributed by atoms with E-state index >= 15 is 0 Å². The molecule has 118 valence electrons. The van der Waals surface area contributed by atoms with E-state index in [-0.39, 0.29) is 20.3 Å². The van der Waals surface area contributed by atoms with E-state index < -0.39 is 17.9 Å². The van der Waals surface area contributed by atoms with Crippen LogP contribution in [0.3, 0.4) is 0 Å². The van der Waals surface area contributed by atoms with Crippen LogP contribution in [0.15, 0.2) is 23.2 Å². The lowest BCUT2D eigenvalue weighted by Gasteiger charge is -2.15. The summed E-state index contributed by atoms with van der Waals surface area (Å²) in [4.78, 5) is 27.5. The van der Waals surface area contributed by atoms with Crippen molar-refractivity contribution in [3.05, 3.63) is 43.2 Å². The zero-order chi connectivity index (χ0) is 16.9. The Hall–Kier alpha value is -2.32. The fraction of sp³-hybridized carbons (Fsp3) is 0.200. The summed E-state index contributed by atoms with van der Waals surface area (Å²) in [6.07, 6.45) is 0. The smallest absolute Gasteiger partial charge is 0.279 e. The minimum Gasteiger partial charge on any atom is -0.548 e. The molecule has 0 radical (unpaired) electrons. The van der Waals surface area contributed by atoms with E-state index in [1.54, 1.807) is 12.1 Å². The molecule has 1 atom stereocenters. The summed E-state index contributed by atoms with van der Waals surface area (Å²) in [7, 11) is 0. The fourth-order valence-electron chi connectivity index (χ4n) is 2.44. The summed E-state index contributed by atoms with van der Waals surface area (Å²) in [5, 5.41) is 22.6. The number of aromatic nitrogens is 1. The number of carboxylic acid groups (broad SMARTS) is 1. The van der Waals surface area contributed by atoms with Gasteiger partial charge in [-0.05, 0) is 38.2 Å². The van der Waals surface area contributed by atoms with Crippen LogP contribution >= 0.6 is 23.6 Å². The SMILES string of the molecule is Cc1ccc2c(c1)=C(c1sc(=S)n(C(C)C(=O)[O-])c1O)C(=O)N=2. The van der Waals surface area contributed by atoms with Crippen LogP contribution in [0.25, 0.3) is 5.57 Å². The maximum Gasteiger partial charge on any atom is 0.279 e. The highest BCUT2D eigenvalue weighted by Gasteiger charge is 2.26. The van der Waals surface area contributed by atoms with Crippen molar-refractivity contribution in [3.8, 4) is 5.88 Å². The van der Waals surface area contributed by atoms with Gasteiger partial charge in [-0.2, -0.15) is 0 Å². The summed E-state index contributed by atoms with van der Waals surface area (Å²) in [6, 6.07) is 4.22. The number of carbonyl (C=O) groups excluding carboxylic acids is 2. The third kappa shape index (κ3) is 2.40. The number of aliphatic carboxylic acids is 1. The molecule has 6 nitrogen and oxygen atoms in total. The van der Waals surface area contributed by atoms with E-state index in [9.17, 15) is 19.8 Å². The maximum atomic E-state index is 12.2. The molecular weight excluding hydrogens is 336 g/mol. The van der Waals surface area contributed by atoms with Crippen molar-refractivity contribution in [2.45, 2.75) is 19.9 Å². The molecule has 2 heterocycles. The van der Waals surface area contributed by atoms with Gasteiger partial charge in [0.25, 0.3) is 5.91 Å². The van der Waals surface area contributed by atoms with Gasteiger partial charge in [0, 0.05) is 5.22 Å². The van der Waals surface area contributed by atoms with Gasteiger partial charge in [-0.1, -0.05) is 11.6 Å². The summed E-state index contributed by atoms with van der Waals surface area (Å²) < 4.78 is 1.22. The summed E-state index contributed by atoms with van der Waals surface area (Å²) in [5.74, 6) is -2.21. The molecule has 2 aromatic rings. The van der Waals surface area contributed by atoms with Crippen LogP contribution in [0.5, 0.6) is 5.88 Å². The van der Waals surface area contributed by atoms with Crippen molar-refractivity contribution in [2.24, 2.45) is 4.99 Å². The van der Waals surface area contributed by atoms with Crippen molar-refractivity contribution in [2.75, 3.05) is 0 Å². The average Bonchev–Trinajstić information content (AvgIpc) is 2.94. The number of hydrogen-bond acceptors (Lipinski definition) is 6. The second-order valence-corrected chi connectivity index (χ2v) is 6.84. The zero-order valence-corrected chi connectivity index (χ0v) is 13.8. The molecule has 3 rings (SSSR count). The number of nitrogens with zero attached hydrogens (tertiary/aromatic N) is 2. The first-order chi connectivity index (χ1) is 10.8. The summed E-state index contributed by atoms with van der Waals surface area (Å²) in [5.41, 5.74) is 1.18. The van der Waals surface area contributed by atoms with E-state index in [1.165, 1.54) is 6.92 Å². The lowest BCUT2D eigenvalue weighted by atomic mass is 10.1. The van der Waals surface area contributed by atoms with Crippen molar-refractivity contribution in [3.63, 3.8) is 0 Å². The predicted octanol–water partition coefficient (Wildman–Crippen LogP) is -0.0372. The summed E-state index contributed by atoms with van der Waals surface area (Å²) >= 11 is 6.11. The number of thiazole rings is 1. The molecule has 0 spiro atoms. The first-order valence-electron chi connectivity index (χ1n) is 6.71. The van der Waals surface area contributed by atoms with Crippen LogP contribution in [-0.4, -0.2) is 21.6 Å². The quantitative estimate of drug-likeness (QED) is 0.787. The Morgan fingerprint density at radius 2 is 2.17 bits per heavy atom. The molecule has 8 heteroatoms. The average molecular weight is 347 g/mol. The minimum absolute atomic E-state index is 0.149. The van der Waals surface area contributed by atoms with Gasteiger partial charge in [0.05, 0.1) is 22.9 Å². The van der Waals surface area contributed by atoms with Crippen LogP contribution < -0.4 is 15.7 Å². The van der Waals surface area contributed by atoms with Crippen molar-refractivity contribution in [1.29, 1.82) is 0 Å². The van der Waals surface area contributed by atoms with Gasteiger partial charge in [-0.3, -0.25) is 9.36 Å². The van der Waals surface area contributed by atoms with E-state index in [0.29, 0.717) is 10.6 Å². The topological polar surface area (TPSA) is 94.7 Å². The molecule has 1 aliphatic rings. The van der Waals surface area contributed by atoms with Gasteiger partial charge < -0.3 is 15.0 Å². The van der Waals surface area contributed by atoms with E-state index in [2.05, 4.69) is 4.99 Å². The Kier molecular flexibility index (Phi) is 3.65. The number of rotatable bonds is 3. The Morgan fingerprint density at radius 3 is 2.83 bits per heavy atom.